The van der Waals surface area contributed by atoms with Crippen molar-refractivity contribution in [3.63, 3.8) is 0 Å². The second-order valence-corrected chi connectivity index (χ2v) is 3.16. The first kappa shape index (κ1) is 12.5. The van der Waals surface area contributed by atoms with E-state index >= 15 is 0 Å². The standard InChI is InChI=1S/C11H12N2O2.ClH/c1-2-15-11(14)13-7-9-5-3-4-6-10(9)12-8-13;/h3-7H,2,8H2,1H3;1H. The topological polar surface area (TPSA) is 41.9 Å². The lowest BCUT2D eigenvalue weighted by Crippen LogP contribution is -2.38. The van der Waals surface area contributed by atoms with Crippen LogP contribution in [0, 0.1) is 0 Å². The summed E-state index contributed by atoms with van der Waals surface area (Å²) >= 11 is 0. The summed E-state index contributed by atoms with van der Waals surface area (Å²) in [6, 6.07) is 7.69. The van der Waals surface area contributed by atoms with E-state index in [2.05, 4.69) is 4.99 Å². The zero-order valence-corrected chi connectivity index (χ0v) is 9.74. The van der Waals surface area contributed by atoms with Crippen LogP contribution in [0.5, 0.6) is 0 Å². The molecule has 0 atom stereocenters. The predicted molar refractivity (Wildman–Crippen MR) is 62.7 cm³/mol. The number of amides is 1. The van der Waals surface area contributed by atoms with Gasteiger partial charge in [0.15, 0.2) is 0 Å². The minimum atomic E-state index is -0.351. The fourth-order valence-electron chi connectivity index (χ4n) is 1.42. The van der Waals surface area contributed by atoms with Gasteiger partial charge in [-0.25, -0.2) is 4.79 Å². The molecule has 0 unspecified atom stereocenters. The number of hydrogen-bond donors (Lipinski definition) is 0. The zero-order valence-electron chi connectivity index (χ0n) is 8.92. The predicted octanol–water partition coefficient (Wildman–Crippen LogP) is 0.896. The molecule has 0 aromatic heterocycles. The smallest absolute Gasteiger partial charge is 0.415 e. The quantitative estimate of drug-likeness (QED) is 0.732. The highest BCUT2D eigenvalue weighted by Gasteiger charge is 2.12. The lowest BCUT2D eigenvalue weighted by molar-refractivity contribution is 0.127. The fraction of sp³-hybridized carbons (Fsp3) is 0.273. The first-order valence-corrected chi connectivity index (χ1v) is 4.86. The number of hydrogen-bond acceptors (Lipinski definition) is 3. The summed E-state index contributed by atoms with van der Waals surface area (Å²) < 4.78 is 4.89. The van der Waals surface area contributed by atoms with Crippen molar-refractivity contribution in [1.29, 1.82) is 0 Å². The molecule has 2 rings (SSSR count). The zero-order chi connectivity index (χ0) is 10.7. The van der Waals surface area contributed by atoms with Crippen molar-refractivity contribution in [2.75, 3.05) is 13.3 Å². The van der Waals surface area contributed by atoms with Gasteiger partial charge in [-0.05, 0) is 13.0 Å². The van der Waals surface area contributed by atoms with Gasteiger partial charge in [0.2, 0.25) is 0 Å². The molecule has 5 heteroatoms. The van der Waals surface area contributed by atoms with Crippen molar-refractivity contribution in [3.05, 3.63) is 34.8 Å². The number of halogens is 1. The lowest BCUT2D eigenvalue weighted by Gasteiger charge is -2.17. The highest BCUT2D eigenvalue weighted by molar-refractivity contribution is 5.85. The van der Waals surface area contributed by atoms with Crippen molar-refractivity contribution in [3.8, 4) is 0 Å². The first-order valence-electron chi connectivity index (χ1n) is 4.86. The largest absolute Gasteiger partial charge is 0.449 e. The highest BCUT2D eigenvalue weighted by atomic mass is 35.5. The van der Waals surface area contributed by atoms with E-state index in [1.165, 1.54) is 4.90 Å². The molecule has 86 valence electrons. The van der Waals surface area contributed by atoms with Crippen LogP contribution in [0.1, 0.15) is 6.92 Å². The SMILES string of the molecule is CCOC(=O)N1C=c2ccccc2=NC1.Cl. The van der Waals surface area contributed by atoms with Crippen molar-refractivity contribution < 1.29 is 9.53 Å². The number of rotatable bonds is 1. The minimum Gasteiger partial charge on any atom is -0.449 e. The van der Waals surface area contributed by atoms with E-state index in [4.69, 9.17) is 4.74 Å². The summed E-state index contributed by atoms with van der Waals surface area (Å²) in [7, 11) is 0. The maximum atomic E-state index is 11.4. The molecule has 1 heterocycles. The normalized spacial score (nSPS) is 12.7. The molecule has 0 N–H and O–H groups in total. The van der Waals surface area contributed by atoms with Gasteiger partial charge in [0, 0.05) is 11.4 Å². The summed E-state index contributed by atoms with van der Waals surface area (Å²) in [6.07, 6.45) is 1.41. The third-order valence-corrected chi connectivity index (χ3v) is 2.13. The van der Waals surface area contributed by atoms with E-state index in [-0.39, 0.29) is 18.5 Å². The summed E-state index contributed by atoms with van der Waals surface area (Å²) in [5.74, 6) is 0. The van der Waals surface area contributed by atoms with E-state index in [1.807, 2.05) is 24.3 Å². The van der Waals surface area contributed by atoms with Gasteiger partial charge in [-0.15, -0.1) is 12.4 Å². The average Bonchev–Trinajstić information content (AvgIpc) is 2.29. The van der Waals surface area contributed by atoms with Gasteiger partial charge in [-0.3, -0.25) is 9.89 Å². The van der Waals surface area contributed by atoms with Crippen LogP contribution in [0.15, 0.2) is 29.3 Å². The third-order valence-electron chi connectivity index (χ3n) is 2.13. The summed E-state index contributed by atoms with van der Waals surface area (Å²) in [5.41, 5.74) is 0. The van der Waals surface area contributed by atoms with Crippen molar-refractivity contribution in [1.82, 2.24) is 4.90 Å². The van der Waals surface area contributed by atoms with Gasteiger partial charge in [0.25, 0.3) is 0 Å². The molecule has 1 amide bonds. The molecule has 4 nitrogen and oxygen atoms in total. The molecule has 0 radical (unpaired) electrons. The molecule has 1 aromatic carbocycles. The fourth-order valence-corrected chi connectivity index (χ4v) is 1.42. The van der Waals surface area contributed by atoms with Crippen LogP contribution < -0.4 is 10.6 Å². The molecule has 0 saturated carbocycles. The van der Waals surface area contributed by atoms with Gasteiger partial charge >= 0.3 is 6.09 Å². The van der Waals surface area contributed by atoms with Gasteiger partial charge < -0.3 is 4.74 Å². The maximum Gasteiger partial charge on any atom is 0.415 e. The minimum absolute atomic E-state index is 0. The summed E-state index contributed by atoms with van der Waals surface area (Å²) in [4.78, 5) is 17.2. The van der Waals surface area contributed by atoms with Gasteiger partial charge in [0.05, 0.1) is 12.0 Å². The van der Waals surface area contributed by atoms with Crippen LogP contribution in [0.3, 0.4) is 0 Å². The molecule has 0 aliphatic carbocycles. The molecule has 16 heavy (non-hydrogen) atoms. The van der Waals surface area contributed by atoms with Crippen LogP contribution in [0.25, 0.3) is 6.20 Å². The van der Waals surface area contributed by atoms with Crippen LogP contribution in [0.2, 0.25) is 0 Å². The van der Waals surface area contributed by atoms with Gasteiger partial charge in [-0.2, -0.15) is 0 Å². The van der Waals surface area contributed by atoms with E-state index in [0.717, 1.165) is 10.6 Å². The van der Waals surface area contributed by atoms with E-state index in [0.29, 0.717) is 13.3 Å². The highest BCUT2D eigenvalue weighted by Crippen LogP contribution is 1.97. The number of fused-ring (bicyclic) bond motifs is 1. The average molecular weight is 241 g/mol. The molecule has 0 spiro atoms. The molecule has 1 aliphatic rings. The lowest BCUT2D eigenvalue weighted by atomic mass is 10.3. The van der Waals surface area contributed by atoms with E-state index in [9.17, 15) is 4.79 Å². The Labute approximate surface area is 99.6 Å². The number of para-hydroxylation sites is 1. The Bertz CT molecular complexity index is 487. The Morgan fingerprint density at radius 1 is 1.50 bits per heavy atom. The molecule has 1 aromatic rings. The number of benzene rings is 1. The monoisotopic (exact) mass is 240 g/mol. The summed E-state index contributed by atoms with van der Waals surface area (Å²) in [6.45, 7) is 2.49. The second kappa shape index (κ2) is 5.51. The third kappa shape index (κ3) is 2.52. The van der Waals surface area contributed by atoms with Crippen LogP contribution >= 0.6 is 12.4 Å². The van der Waals surface area contributed by atoms with Crippen molar-refractivity contribution >= 4 is 24.7 Å². The van der Waals surface area contributed by atoms with Crippen LogP contribution in [-0.2, 0) is 4.74 Å². The van der Waals surface area contributed by atoms with Crippen molar-refractivity contribution in [2.45, 2.75) is 6.92 Å². The first-order chi connectivity index (χ1) is 7.31. The molecule has 0 fully saturated rings. The summed E-state index contributed by atoms with van der Waals surface area (Å²) in [5, 5.41) is 1.86. The van der Waals surface area contributed by atoms with Crippen LogP contribution in [0.4, 0.5) is 4.79 Å². The Morgan fingerprint density at radius 2 is 2.25 bits per heavy atom. The van der Waals surface area contributed by atoms with Gasteiger partial charge in [-0.1, -0.05) is 18.2 Å². The number of carbonyl (C=O) groups is 1. The number of carbonyl (C=O) groups excluding carboxylic acids is 1. The molecular weight excluding hydrogens is 228 g/mol. The molecule has 0 saturated heterocycles. The molecular formula is C11H13ClN2O2. The van der Waals surface area contributed by atoms with E-state index < -0.39 is 0 Å². The van der Waals surface area contributed by atoms with E-state index in [1.54, 1.807) is 13.1 Å². The number of nitrogens with zero attached hydrogens (tertiary/aromatic N) is 2. The Kier molecular flexibility index (Phi) is 4.31. The Hall–Kier alpha value is -1.55. The maximum absolute atomic E-state index is 11.4. The Morgan fingerprint density at radius 3 is 3.00 bits per heavy atom. The van der Waals surface area contributed by atoms with Crippen molar-refractivity contribution in [2.24, 2.45) is 4.99 Å². The number of ether oxygens (including phenoxy) is 1. The second-order valence-electron chi connectivity index (χ2n) is 3.16. The molecule has 0 bridgehead atoms. The molecule has 1 aliphatic heterocycles. The van der Waals surface area contributed by atoms with Gasteiger partial charge in [0.1, 0.15) is 6.67 Å². The Balaban J connectivity index is 0.00000128. The van der Waals surface area contributed by atoms with Crippen LogP contribution in [-0.4, -0.2) is 24.3 Å².